The van der Waals surface area contributed by atoms with Crippen molar-refractivity contribution in [3.8, 4) is 0 Å². The van der Waals surface area contributed by atoms with E-state index in [0.29, 0.717) is 11.8 Å². The minimum Gasteiger partial charge on any atom is -0.370 e. The monoisotopic (exact) mass is 298 g/mol. The van der Waals surface area contributed by atoms with E-state index in [0.717, 1.165) is 24.7 Å². The summed E-state index contributed by atoms with van der Waals surface area (Å²) in [6.07, 6.45) is 4.80. The fourth-order valence-corrected chi connectivity index (χ4v) is 3.59. The standard InChI is InChI=1S/C20H42O/c1-11-15(3)17(5)13-19(7,8)21-20(9,10)14-18(6)16(4)12-2/h15-18H,11-14H2,1-10H3. The van der Waals surface area contributed by atoms with Gasteiger partial charge in [-0.1, -0.05) is 54.4 Å². The van der Waals surface area contributed by atoms with Gasteiger partial charge in [-0.2, -0.15) is 0 Å². The van der Waals surface area contributed by atoms with Crippen LogP contribution in [-0.4, -0.2) is 11.2 Å². The third-order valence-electron chi connectivity index (χ3n) is 5.41. The van der Waals surface area contributed by atoms with Crippen molar-refractivity contribution in [2.45, 2.75) is 106 Å². The van der Waals surface area contributed by atoms with Crippen LogP contribution in [0.5, 0.6) is 0 Å². The van der Waals surface area contributed by atoms with E-state index in [4.69, 9.17) is 4.74 Å². The molecule has 0 amide bonds. The van der Waals surface area contributed by atoms with Gasteiger partial charge in [-0.15, -0.1) is 0 Å². The third kappa shape index (κ3) is 8.24. The molecule has 1 nitrogen and oxygen atoms in total. The summed E-state index contributed by atoms with van der Waals surface area (Å²) in [4.78, 5) is 0. The van der Waals surface area contributed by atoms with Crippen molar-refractivity contribution in [3.63, 3.8) is 0 Å². The molecule has 1 heteroatoms. The largest absolute Gasteiger partial charge is 0.370 e. The van der Waals surface area contributed by atoms with E-state index in [9.17, 15) is 0 Å². The van der Waals surface area contributed by atoms with Crippen molar-refractivity contribution < 1.29 is 4.74 Å². The van der Waals surface area contributed by atoms with Crippen molar-refractivity contribution in [1.82, 2.24) is 0 Å². The molecule has 0 rings (SSSR count). The maximum absolute atomic E-state index is 6.56. The normalized spacial score (nSPS) is 19.1. The molecular weight excluding hydrogens is 256 g/mol. The number of rotatable bonds is 10. The minimum atomic E-state index is -0.0402. The Bertz CT molecular complexity index is 252. The van der Waals surface area contributed by atoms with Crippen molar-refractivity contribution in [2.75, 3.05) is 0 Å². The van der Waals surface area contributed by atoms with Gasteiger partial charge in [0.1, 0.15) is 0 Å². The Labute approximate surface area is 135 Å². The first-order valence-electron chi connectivity index (χ1n) is 9.14. The van der Waals surface area contributed by atoms with Crippen LogP contribution in [0.4, 0.5) is 0 Å². The Kier molecular flexibility index (Phi) is 8.54. The quantitative estimate of drug-likeness (QED) is 0.436. The summed E-state index contributed by atoms with van der Waals surface area (Å²) in [6, 6.07) is 0. The number of hydrogen-bond donors (Lipinski definition) is 0. The van der Waals surface area contributed by atoms with Gasteiger partial charge in [-0.3, -0.25) is 0 Å². The van der Waals surface area contributed by atoms with Crippen LogP contribution >= 0.6 is 0 Å². The Hall–Kier alpha value is -0.0400. The lowest BCUT2D eigenvalue weighted by atomic mass is 9.82. The molecule has 0 saturated carbocycles. The molecule has 0 fully saturated rings. The van der Waals surface area contributed by atoms with Gasteiger partial charge in [0.05, 0.1) is 11.2 Å². The summed E-state index contributed by atoms with van der Waals surface area (Å²) < 4.78 is 6.56. The van der Waals surface area contributed by atoms with Gasteiger partial charge in [0, 0.05) is 0 Å². The topological polar surface area (TPSA) is 9.23 Å². The van der Waals surface area contributed by atoms with Crippen LogP contribution in [0.3, 0.4) is 0 Å². The third-order valence-corrected chi connectivity index (χ3v) is 5.41. The molecule has 128 valence electrons. The second kappa shape index (κ2) is 8.56. The van der Waals surface area contributed by atoms with Gasteiger partial charge in [0.2, 0.25) is 0 Å². The molecule has 4 unspecified atom stereocenters. The SMILES string of the molecule is CCC(C)C(C)CC(C)(C)OC(C)(C)CC(C)C(C)CC. The van der Waals surface area contributed by atoms with Crippen LogP contribution in [0.2, 0.25) is 0 Å². The highest BCUT2D eigenvalue weighted by molar-refractivity contribution is 4.82. The predicted octanol–water partition coefficient (Wildman–Crippen LogP) is 6.70. The number of ether oxygens (including phenoxy) is 1. The maximum Gasteiger partial charge on any atom is 0.0636 e. The summed E-state index contributed by atoms with van der Waals surface area (Å²) in [5.41, 5.74) is -0.0803. The smallest absolute Gasteiger partial charge is 0.0636 e. The number of hydrogen-bond acceptors (Lipinski definition) is 1. The van der Waals surface area contributed by atoms with Crippen LogP contribution in [-0.2, 0) is 4.74 Å². The van der Waals surface area contributed by atoms with E-state index in [1.54, 1.807) is 0 Å². The molecule has 0 bridgehead atoms. The predicted molar refractivity (Wildman–Crippen MR) is 95.7 cm³/mol. The summed E-state index contributed by atoms with van der Waals surface area (Å²) in [7, 11) is 0. The highest BCUT2D eigenvalue weighted by atomic mass is 16.5. The average molecular weight is 299 g/mol. The Balaban J connectivity index is 4.60. The van der Waals surface area contributed by atoms with Crippen LogP contribution in [0.1, 0.15) is 94.9 Å². The van der Waals surface area contributed by atoms with Gasteiger partial charge in [0.25, 0.3) is 0 Å². The molecule has 0 aliphatic heterocycles. The summed E-state index contributed by atoms with van der Waals surface area (Å²) in [5.74, 6) is 2.98. The van der Waals surface area contributed by atoms with E-state index < -0.39 is 0 Å². The van der Waals surface area contributed by atoms with E-state index >= 15 is 0 Å². The van der Waals surface area contributed by atoms with E-state index in [1.165, 1.54) is 12.8 Å². The van der Waals surface area contributed by atoms with Crippen molar-refractivity contribution >= 4 is 0 Å². The molecular formula is C20H42O. The van der Waals surface area contributed by atoms with Gasteiger partial charge in [-0.05, 0) is 64.2 Å². The molecule has 0 aliphatic rings. The highest BCUT2D eigenvalue weighted by Crippen LogP contribution is 2.34. The fraction of sp³-hybridized carbons (Fsp3) is 1.00. The second-order valence-electron chi connectivity index (χ2n) is 8.76. The fourth-order valence-electron chi connectivity index (χ4n) is 3.59. The van der Waals surface area contributed by atoms with Crippen molar-refractivity contribution in [3.05, 3.63) is 0 Å². The van der Waals surface area contributed by atoms with Gasteiger partial charge in [-0.25, -0.2) is 0 Å². The molecule has 0 radical (unpaired) electrons. The zero-order chi connectivity index (χ0) is 16.8. The molecule has 0 aliphatic carbocycles. The van der Waals surface area contributed by atoms with Crippen LogP contribution in [0.15, 0.2) is 0 Å². The van der Waals surface area contributed by atoms with Crippen molar-refractivity contribution in [1.29, 1.82) is 0 Å². The lowest BCUT2D eigenvalue weighted by Crippen LogP contribution is -2.40. The molecule has 0 spiro atoms. The molecule has 0 saturated heterocycles. The van der Waals surface area contributed by atoms with Gasteiger partial charge in [0.15, 0.2) is 0 Å². The van der Waals surface area contributed by atoms with Crippen molar-refractivity contribution in [2.24, 2.45) is 23.7 Å². The molecule has 0 aromatic carbocycles. The highest BCUT2D eigenvalue weighted by Gasteiger charge is 2.33. The first-order valence-corrected chi connectivity index (χ1v) is 9.14. The first kappa shape index (κ1) is 21.0. The van der Waals surface area contributed by atoms with Crippen LogP contribution in [0.25, 0.3) is 0 Å². The summed E-state index contributed by atoms with van der Waals surface area (Å²) in [5, 5.41) is 0. The molecule has 4 atom stereocenters. The first-order chi connectivity index (χ1) is 9.44. The zero-order valence-electron chi connectivity index (χ0n) is 16.5. The lowest BCUT2D eigenvalue weighted by Gasteiger charge is -2.40. The Morgan fingerprint density at radius 2 is 0.905 bits per heavy atom. The maximum atomic E-state index is 6.56. The second-order valence-corrected chi connectivity index (χ2v) is 8.76. The molecule has 0 aromatic rings. The molecule has 0 aromatic heterocycles. The summed E-state index contributed by atoms with van der Waals surface area (Å²) >= 11 is 0. The Morgan fingerprint density at radius 3 is 1.14 bits per heavy atom. The zero-order valence-corrected chi connectivity index (χ0v) is 16.5. The molecule has 0 heterocycles. The molecule has 0 N–H and O–H groups in total. The van der Waals surface area contributed by atoms with Gasteiger partial charge < -0.3 is 4.74 Å². The summed E-state index contributed by atoms with van der Waals surface area (Å²) in [6.45, 7) is 23.1. The van der Waals surface area contributed by atoms with Crippen LogP contribution < -0.4 is 0 Å². The average Bonchev–Trinajstić information content (AvgIpc) is 2.33. The molecule has 21 heavy (non-hydrogen) atoms. The van der Waals surface area contributed by atoms with Gasteiger partial charge >= 0.3 is 0 Å². The van der Waals surface area contributed by atoms with E-state index in [2.05, 4.69) is 69.2 Å². The van der Waals surface area contributed by atoms with E-state index in [1.807, 2.05) is 0 Å². The van der Waals surface area contributed by atoms with E-state index in [-0.39, 0.29) is 11.2 Å². The lowest BCUT2D eigenvalue weighted by molar-refractivity contribution is -0.142. The Morgan fingerprint density at radius 1 is 0.619 bits per heavy atom. The minimum absolute atomic E-state index is 0.0402. The van der Waals surface area contributed by atoms with Crippen LogP contribution in [0, 0.1) is 23.7 Å².